The number of nitrogens with zero attached hydrogens (tertiary/aromatic N) is 2. The van der Waals surface area contributed by atoms with E-state index in [1.165, 1.54) is 6.07 Å². The van der Waals surface area contributed by atoms with Crippen LogP contribution in [-0.4, -0.2) is 17.3 Å². The van der Waals surface area contributed by atoms with Crippen LogP contribution < -0.4 is 10.5 Å². The Bertz CT molecular complexity index is 837. The van der Waals surface area contributed by atoms with E-state index >= 15 is 0 Å². The summed E-state index contributed by atoms with van der Waals surface area (Å²) in [7, 11) is 1.61. The minimum Gasteiger partial charge on any atom is -0.497 e. The molecule has 1 heterocycles. The van der Waals surface area contributed by atoms with Gasteiger partial charge in [0.25, 0.3) is 0 Å². The molecule has 22 heavy (non-hydrogen) atoms. The lowest BCUT2D eigenvalue weighted by Crippen LogP contribution is -2.02. The molecular weight excluding hydrogens is 305 g/mol. The second-order valence-electron chi connectivity index (χ2n) is 4.87. The van der Waals surface area contributed by atoms with Crippen molar-refractivity contribution in [3.63, 3.8) is 0 Å². The van der Waals surface area contributed by atoms with E-state index in [0.717, 1.165) is 11.3 Å². The third-order valence-corrected chi connectivity index (χ3v) is 3.65. The van der Waals surface area contributed by atoms with Crippen LogP contribution in [0.2, 0.25) is 5.02 Å². The zero-order chi connectivity index (χ0) is 15.7. The number of benzene rings is 2. The molecule has 0 atom stereocenters. The Morgan fingerprint density at radius 1 is 1.18 bits per heavy atom. The van der Waals surface area contributed by atoms with Crippen molar-refractivity contribution < 1.29 is 9.13 Å². The van der Waals surface area contributed by atoms with Crippen LogP contribution in [0.3, 0.4) is 0 Å². The van der Waals surface area contributed by atoms with Crippen molar-refractivity contribution in [3.8, 4) is 5.75 Å². The molecule has 2 aromatic carbocycles. The summed E-state index contributed by atoms with van der Waals surface area (Å²) in [6, 6.07) is 10.4. The first-order chi connectivity index (χ1) is 10.6. The largest absolute Gasteiger partial charge is 0.497 e. The molecule has 3 aromatic rings. The fourth-order valence-electron chi connectivity index (χ4n) is 2.35. The molecule has 0 aliphatic carbocycles. The van der Waals surface area contributed by atoms with Crippen LogP contribution in [0, 0.1) is 5.82 Å². The Morgan fingerprint density at radius 2 is 1.91 bits per heavy atom. The lowest BCUT2D eigenvalue weighted by atomic mass is 10.0. The van der Waals surface area contributed by atoms with E-state index in [0.29, 0.717) is 22.5 Å². The molecule has 1 aromatic heterocycles. The molecule has 0 saturated heterocycles. The number of anilines is 1. The van der Waals surface area contributed by atoms with Crippen LogP contribution in [-0.2, 0) is 6.42 Å². The van der Waals surface area contributed by atoms with Gasteiger partial charge in [0.2, 0.25) is 0 Å². The number of rotatable bonds is 3. The highest BCUT2D eigenvalue weighted by Crippen LogP contribution is 2.29. The zero-order valence-corrected chi connectivity index (χ0v) is 12.6. The topological polar surface area (TPSA) is 61.0 Å². The average Bonchev–Trinajstić information content (AvgIpc) is 2.50. The molecule has 112 valence electrons. The van der Waals surface area contributed by atoms with E-state index in [2.05, 4.69) is 10.2 Å². The van der Waals surface area contributed by atoms with Crippen molar-refractivity contribution in [1.82, 2.24) is 10.2 Å². The number of nitrogen functional groups attached to an aromatic ring is 1. The maximum Gasteiger partial charge on any atom is 0.156 e. The van der Waals surface area contributed by atoms with Crippen LogP contribution in [0.1, 0.15) is 11.3 Å². The molecule has 0 spiro atoms. The van der Waals surface area contributed by atoms with Crippen molar-refractivity contribution in [2.24, 2.45) is 0 Å². The summed E-state index contributed by atoms with van der Waals surface area (Å²) in [6.45, 7) is 0. The van der Waals surface area contributed by atoms with Crippen LogP contribution in [0.5, 0.6) is 5.75 Å². The van der Waals surface area contributed by atoms with Crippen LogP contribution in [0.4, 0.5) is 10.2 Å². The van der Waals surface area contributed by atoms with E-state index in [1.54, 1.807) is 13.2 Å². The third kappa shape index (κ3) is 2.67. The summed E-state index contributed by atoms with van der Waals surface area (Å²) in [4.78, 5) is 0. The number of methoxy groups -OCH3 is 1. The standard InChI is InChI=1S/C16H13ClFN3O/c1-22-11-4-2-9(3-5-11)6-14-12-7-10(17)8-13(18)15(12)16(19)21-20-14/h2-5,7-8H,6H2,1H3,(H2,19,21). The Hall–Kier alpha value is -2.40. The summed E-state index contributed by atoms with van der Waals surface area (Å²) < 4.78 is 19.2. The van der Waals surface area contributed by atoms with E-state index < -0.39 is 5.82 Å². The van der Waals surface area contributed by atoms with Gasteiger partial charge in [-0.25, -0.2) is 4.39 Å². The van der Waals surface area contributed by atoms with Crippen LogP contribution in [0.15, 0.2) is 36.4 Å². The first-order valence-corrected chi connectivity index (χ1v) is 6.99. The molecule has 0 amide bonds. The molecule has 0 bridgehead atoms. The summed E-state index contributed by atoms with van der Waals surface area (Å²) in [6.07, 6.45) is 0.494. The second-order valence-corrected chi connectivity index (χ2v) is 5.30. The fraction of sp³-hybridized carbons (Fsp3) is 0.125. The summed E-state index contributed by atoms with van der Waals surface area (Å²) in [5, 5.41) is 9.07. The Morgan fingerprint density at radius 3 is 2.59 bits per heavy atom. The Labute approximate surface area is 131 Å². The summed E-state index contributed by atoms with van der Waals surface area (Å²) in [5.74, 6) is 0.333. The highest BCUT2D eigenvalue weighted by atomic mass is 35.5. The minimum atomic E-state index is -0.495. The number of halogens is 2. The van der Waals surface area contributed by atoms with Gasteiger partial charge < -0.3 is 10.5 Å². The van der Waals surface area contributed by atoms with Gasteiger partial charge in [-0.05, 0) is 29.8 Å². The molecule has 2 N–H and O–H groups in total. The van der Waals surface area contributed by atoms with E-state index in [-0.39, 0.29) is 11.2 Å². The first kappa shape index (κ1) is 14.5. The van der Waals surface area contributed by atoms with Crippen LogP contribution in [0.25, 0.3) is 10.8 Å². The molecule has 6 heteroatoms. The van der Waals surface area contributed by atoms with Gasteiger partial charge in [-0.2, -0.15) is 5.10 Å². The average molecular weight is 318 g/mol. The molecule has 0 aliphatic heterocycles. The van der Waals surface area contributed by atoms with Gasteiger partial charge in [-0.15, -0.1) is 5.10 Å². The number of hydrogen-bond acceptors (Lipinski definition) is 4. The van der Waals surface area contributed by atoms with Crippen molar-refractivity contribution in [3.05, 3.63) is 58.5 Å². The van der Waals surface area contributed by atoms with Crippen molar-refractivity contribution in [1.29, 1.82) is 0 Å². The number of nitrogens with two attached hydrogens (primary N) is 1. The summed E-state index contributed by atoms with van der Waals surface area (Å²) in [5.41, 5.74) is 7.36. The van der Waals surface area contributed by atoms with Gasteiger partial charge in [-0.1, -0.05) is 23.7 Å². The lowest BCUT2D eigenvalue weighted by molar-refractivity contribution is 0.414. The number of hydrogen-bond donors (Lipinski definition) is 1. The Kier molecular flexibility index (Phi) is 3.81. The predicted molar refractivity (Wildman–Crippen MR) is 84.7 cm³/mol. The van der Waals surface area contributed by atoms with E-state index in [4.69, 9.17) is 22.1 Å². The minimum absolute atomic E-state index is 0.0580. The molecular formula is C16H13ClFN3O. The molecule has 3 rings (SSSR count). The quantitative estimate of drug-likeness (QED) is 0.801. The van der Waals surface area contributed by atoms with Gasteiger partial charge in [-0.3, -0.25) is 0 Å². The third-order valence-electron chi connectivity index (χ3n) is 3.43. The molecule has 0 aliphatic rings. The molecule has 0 saturated carbocycles. The molecule has 0 radical (unpaired) electrons. The zero-order valence-electron chi connectivity index (χ0n) is 11.8. The molecule has 0 unspecified atom stereocenters. The first-order valence-electron chi connectivity index (χ1n) is 6.61. The SMILES string of the molecule is COc1ccc(Cc2nnc(N)c3c(F)cc(Cl)cc23)cc1. The molecule has 0 fully saturated rings. The second kappa shape index (κ2) is 5.77. The smallest absolute Gasteiger partial charge is 0.156 e. The lowest BCUT2D eigenvalue weighted by Gasteiger charge is -2.09. The van der Waals surface area contributed by atoms with Gasteiger partial charge in [0, 0.05) is 16.8 Å². The highest BCUT2D eigenvalue weighted by Gasteiger charge is 2.13. The highest BCUT2D eigenvalue weighted by molar-refractivity contribution is 6.31. The van der Waals surface area contributed by atoms with Crippen molar-refractivity contribution in [2.75, 3.05) is 12.8 Å². The van der Waals surface area contributed by atoms with Crippen molar-refractivity contribution >= 4 is 28.2 Å². The van der Waals surface area contributed by atoms with E-state index in [9.17, 15) is 4.39 Å². The predicted octanol–water partition coefficient (Wildman–Crippen LogP) is 3.60. The fourth-order valence-corrected chi connectivity index (χ4v) is 2.55. The van der Waals surface area contributed by atoms with Crippen molar-refractivity contribution in [2.45, 2.75) is 6.42 Å². The van der Waals surface area contributed by atoms with Gasteiger partial charge in [0.15, 0.2) is 5.82 Å². The molecule has 4 nitrogen and oxygen atoms in total. The maximum absolute atomic E-state index is 14.1. The van der Waals surface area contributed by atoms with Gasteiger partial charge >= 0.3 is 0 Å². The normalized spacial score (nSPS) is 10.9. The van der Waals surface area contributed by atoms with Gasteiger partial charge in [0.05, 0.1) is 18.2 Å². The number of aromatic nitrogens is 2. The summed E-state index contributed by atoms with van der Waals surface area (Å²) >= 11 is 5.95. The maximum atomic E-state index is 14.1. The van der Waals surface area contributed by atoms with E-state index in [1.807, 2.05) is 24.3 Å². The number of ether oxygens (including phenoxy) is 1. The monoisotopic (exact) mass is 317 g/mol. The Balaban J connectivity index is 2.08. The van der Waals surface area contributed by atoms with Gasteiger partial charge in [0.1, 0.15) is 11.6 Å². The van der Waals surface area contributed by atoms with Crippen LogP contribution >= 0.6 is 11.6 Å². The number of fused-ring (bicyclic) bond motifs is 1.